The molecule has 6 nitrogen and oxygen atoms in total. The number of ether oxygens (including phenoxy) is 3. The Morgan fingerprint density at radius 1 is 1.00 bits per heavy atom. The summed E-state index contributed by atoms with van der Waals surface area (Å²) in [6, 6.07) is 6.74. The van der Waals surface area contributed by atoms with Crippen molar-refractivity contribution in [3.8, 4) is 17.2 Å². The lowest BCUT2D eigenvalue weighted by molar-refractivity contribution is 0.0953. The molecule has 2 aromatic rings. The summed E-state index contributed by atoms with van der Waals surface area (Å²) in [4.78, 5) is 24.6. The van der Waals surface area contributed by atoms with Gasteiger partial charge in [0.2, 0.25) is 0 Å². The van der Waals surface area contributed by atoms with Crippen molar-refractivity contribution in [2.75, 3.05) is 21.3 Å². The topological polar surface area (TPSA) is 73.9 Å². The van der Waals surface area contributed by atoms with Gasteiger partial charge in [0.25, 0.3) is 5.91 Å². The number of methoxy groups -OCH3 is 3. The van der Waals surface area contributed by atoms with Crippen molar-refractivity contribution in [1.29, 1.82) is 0 Å². The molecule has 1 heterocycles. The van der Waals surface area contributed by atoms with Gasteiger partial charge in [-0.15, -0.1) is 11.3 Å². The lowest BCUT2D eigenvalue weighted by atomic mass is 10.1. The number of Topliss-reactive ketones (excluding diaryl/α,β-unsaturated/α-hetero) is 1. The number of ketones is 1. The van der Waals surface area contributed by atoms with Crippen molar-refractivity contribution in [3.05, 3.63) is 39.6 Å². The van der Waals surface area contributed by atoms with Crippen molar-refractivity contribution in [2.24, 2.45) is 0 Å². The number of hydrogen-bond acceptors (Lipinski definition) is 6. The van der Waals surface area contributed by atoms with E-state index >= 15 is 0 Å². The molecular formula is C17H19NO5S. The molecule has 0 spiro atoms. The van der Waals surface area contributed by atoms with Crippen molar-refractivity contribution in [1.82, 2.24) is 5.32 Å². The Morgan fingerprint density at radius 2 is 1.58 bits per heavy atom. The molecule has 2 rings (SSSR count). The van der Waals surface area contributed by atoms with Crippen LogP contribution in [0.1, 0.15) is 31.8 Å². The van der Waals surface area contributed by atoms with E-state index in [2.05, 4.69) is 5.32 Å². The Bertz CT molecular complexity index is 728. The van der Waals surface area contributed by atoms with E-state index in [4.69, 9.17) is 14.2 Å². The van der Waals surface area contributed by atoms with Gasteiger partial charge in [-0.25, -0.2) is 0 Å². The minimum absolute atomic E-state index is 0.0578. The van der Waals surface area contributed by atoms with Crippen LogP contribution < -0.4 is 19.5 Å². The van der Waals surface area contributed by atoms with E-state index in [0.717, 1.165) is 0 Å². The summed E-state index contributed by atoms with van der Waals surface area (Å²) in [7, 11) is 4.63. The fourth-order valence-electron chi connectivity index (χ4n) is 2.16. The van der Waals surface area contributed by atoms with Gasteiger partial charge in [0.05, 0.1) is 43.2 Å². The van der Waals surface area contributed by atoms with Crippen LogP contribution in [-0.2, 0) is 6.54 Å². The van der Waals surface area contributed by atoms with Crippen LogP contribution >= 0.6 is 11.3 Å². The number of benzene rings is 1. The van der Waals surface area contributed by atoms with E-state index in [0.29, 0.717) is 32.6 Å². The van der Waals surface area contributed by atoms with Gasteiger partial charge in [0, 0.05) is 12.1 Å². The van der Waals surface area contributed by atoms with Crippen LogP contribution in [0.4, 0.5) is 0 Å². The van der Waals surface area contributed by atoms with Crippen LogP contribution in [0.3, 0.4) is 0 Å². The highest BCUT2D eigenvalue weighted by Gasteiger charge is 2.16. The Balaban J connectivity index is 2.18. The Morgan fingerprint density at radius 3 is 2.04 bits per heavy atom. The summed E-state index contributed by atoms with van der Waals surface area (Å²) in [5.41, 5.74) is 0.706. The molecule has 1 N–H and O–H groups in total. The van der Waals surface area contributed by atoms with E-state index in [1.54, 1.807) is 31.4 Å². The van der Waals surface area contributed by atoms with Crippen LogP contribution in [0.2, 0.25) is 0 Å². The van der Waals surface area contributed by atoms with Gasteiger partial charge in [0.15, 0.2) is 5.78 Å². The maximum atomic E-state index is 12.3. The van der Waals surface area contributed by atoms with Gasteiger partial charge in [-0.1, -0.05) is 0 Å². The largest absolute Gasteiger partial charge is 0.496 e. The van der Waals surface area contributed by atoms with Gasteiger partial charge in [-0.2, -0.15) is 0 Å². The zero-order valence-corrected chi connectivity index (χ0v) is 14.8. The van der Waals surface area contributed by atoms with E-state index in [1.165, 1.54) is 32.5 Å². The fourth-order valence-corrected chi connectivity index (χ4v) is 2.97. The molecule has 0 atom stereocenters. The number of rotatable bonds is 7. The maximum Gasteiger partial charge on any atom is 0.261 e. The van der Waals surface area contributed by atoms with Crippen LogP contribution in [0.15, 0.2) is 24.3 Å². The predicted octanol–water partition coefficient (Wildman–Crippen LogP) is 2.91. The molecule has 0 aliphatic heterocycles. The number of amides is 1. The Kier molecular flexibility index (Phi) is 5.81. The molecule has 0 fully saturated rings. The smallest absolute Gasteiger partial charge is 0.261 e. The molecule has 128 valence electrons. The van der Waals surface area contributed by atoms with Gasteiger partial charge in [-0.05, 0) is 19.1 Å². The first-order valence-electron chi connectivity index (χ1n) is 7.18. The highest BCUT2D eigenvalue weighted by atomic mass is 32.1. The van der Waals surface area contributed by atoms with Gasteiger partial charge in [0.1, 0.15) is 17.2 Å². The fraction of sp³-hybridized carbons (Fsp3) is 0.294. The number of hydrogen-bond donors (Lipinski definition) is 1. The minimum atomic E-state index is -0.257. The SMILES string of the molecule is COc1cc(OC)c(CNC(=O)c2ccc(C(C)=O)s2)c(OC)c1. The summed E-state index contributed by atoms with van der Waals surface area (Å²) >= 11 is 1.17. The second kappa shape index (κ2) is 7.83. The zero-order chi connectivity index (χ0) is 17.7. The zero-order valence-electron chi connectivity index (χ0n) is 14.0. The highest BCUT2D eigenvalue weighted by Crippen LogP contribution is 2.34. The normalized spacial score (nSPS) is 10.2. The summed E-state index contributed by atoms with van der Waals surface area (Å²) in [5, 5.41) is 2.81. The van der Waals surface area contributed by atoms with Crippen LogP contribution in [0, 0.1) is 0 Å². The third-order valence-electron chi connectivity index (χ3n) is 3.42. The van der Waals surface area contributed by atoms with Crippen molar-refractivity contribution < 1.29 is 23.8 Å². The highest BCUT2D eigenvalue weighted by molar-refractivity contribution is 7.15. The molecule has 1 amide bonds. The van der Waals surface area contributed by atoms with Crippen LogP contribution in [0.25, 0.3) is 0 Å². The summed E-state index contributed by atoms with van der Waals surface area (Å²) in [6.45, 7) is 1.70. The quantitative estimate of drug-likeness (QED) is 0.778. The van der Waals surface area contributed by atoms with Gasteiger partial charge < -0.3 is 19.5 Å². The van der Waals surface area contributed by atoms with Crippen LogP contribution in [0.5, 0.6) is 17.2 Å². The van der Waals surface area contributed by atoms with Crippen LogP contribution in [-0.4, -0.2) is 33.0 Å². The Hall–Kier alpha value is -2.54. The molecule has 0 radical (unpaired) electrons. The molecule has 0 bridgehead atoms. The molecule has 7 heteroatoms. The first-order chi connectivity index (χ1) is 11.5. The van der Waals surface area contributed by atoms with Gasteiger partial charge in [-0.3, -0.25) is 9.59 Å². The van der Waals surface area contributed by atoms with Crippen molar-refractivity contribution in [3.63, 3.8) is 0 Å². The first kappa shape index (κ1) is 17.8. The predicted molar refractivity (Wildman–Crippen MR) is 91.6 cm³/mol. The lowest BCUT2D eigenvalue weighted by Gasteiger charge is -2.15. The number of thiophene rings is 1. The summed E-state index contributed by atoms with van der Waals surface area (Å²) in [6.07, 6.45) is 0. The average molecular weight is 349 g/mol. The van der Waals surface area contributed by atoms with E-state index < -0.39 is 0 Å². The molecule has 1 aromatic carbocycles. The second-order valence-electron chi connectivity index (χ2n) is 4.91. The molecular weight excluding hydrogens is 330 g/mol. The molecule has 0 aliphatic rings. The van der Waals surface area contributed by atoms with Gasteiger partial charge >= 0.3 is 0 Å². The number of nitrogens with one attached hydrogen (secondary N) is 1. The molecule has 0 unspecified atom stereocenters. The maximum absolute atomic E-state index is 12.3. The second-order valence-corrected chi connectivity index (χ2v) is 6.00. The molecule has 24 heavy (non-hydrogen) atoms. The number of carbonyl (C=O) groups excluding carboxylic acids is 2. The number of carbonyl (C=O) groups is 2. The van der Waals surface area contributed by atoms with E-state index in [-0.39, 0.29) is 18.2 Å². The summed E-state index contributed by atoms with van der Waals surface area (Å²) < 4.78 is 15.9. The first-order valence-corrected chi connectivity index (χ1v) is 7.99. The van der Waals surface area contributed by atoms with E-state index in [1.807, 2.05) is 0 Å². The molecule has 0 saturated heterocycles. The molecule has 0 aliphatic carbocycles. The molecule has 1 aromatic heterocycles. The van der Waals surface area contributed by atoms with Crippen molar-refractivity contribution in [2.45, 2.75) is 13.5 Å². The average Bonchev–Trinajstić information content (AvgIpc) is 3.09. The third kappa shape index (κ3) is 3.86. The molecule has 0 saturated carbocycles. The van der Waals surface area contributed by atoms with Crippen molar-refractivity contribution >= 4 is 23.0 Å². The Labute approximate surface area is 144 Å². The standard InChI is InChI=1S/C17H19NO5S/c1-10(19)15-5-6-16(24-15)17(20)18-9-12-13(22-3)7-11(21-2)8-14(12)23-4/h5-8H,9H2,1-4H3,(H,18,20). The summed E-state index contributed by atoms with van der Waals surface area (Å²) in [5.74, 6) is 1.40. The lowest BCUT2D eigenvalue weighted by Crippen LogP contribution is -2.22. The third-order valence-corrected chi connectivity index (χ3v) is 4.60. The minimum Gasteiger partial charge on any atom is -0.496 e. The monoisotopic (exact) mass is 349 g/mol. The van der Waals surface area contributed by atoms with E-state index in [9.17, 15) is 9.59 Å².